The molecule has 0 amide bonds. The monoisotopic (exact) mass is 239 g/mol. The van der Waals surface area contributed by atoms with Crippen LogP contribution in [-0.2, 0) is 6.42 Å². The number of hydrogen-bond acceptors (Lipinski definition) is 2. The molecule has 0 aliphatic carbocycles. The van der Waals surface area contributed by atoms with Gasteiger partial charge in [0.2, 0.25) is 0 Å². The molecule has 0 aliphatic rings. The van der Waals surface area contributed by atoms with Crippen LogP contribution in [0, 0.1) is 18.3 Å². The molecule has 13 heavy (non-hydrogen) atoms. The second-order valence-electron chi connectivity index (χ2n) is 2.75. The van der Waals surface area contributed by atoms with Crippen molar-refractivity contribution < 1.29 is 4.74 Å². The summed E-state index contributed by atoms with van der Waals surface area (Å²) in [5.41, 5.74) is 2.12. The zero-order valence-corrected chi connectivity index (χ0v) is 9.18. The average molecular weight is 240 g/mol. The van der Waals surface area contributed by atoms with Gasteiger partial charge >= 0.3 is 0 Å². The second-order valence-corrected chi connectivity index (χ2v) is 3.60. The maximum absolute atomic E-state index is 8.57. The molecule has 0 spiro atoms. The summed E-state index contributed by atoms with van der Waals surface area (Å²) in [4.78, 5) is 0. The first-order chi connectivity index (χ1) is 6.19. The lowest BCUT2D eigenvalue weighted by Gasteiger charge is -2.07. The van der Waals surface area contributed by atoms with Crippen molar-refractivity contribution in [3.8, 4) is 11.8 Å². The normalized spacial score (nSPS) is 9.38. The number of nitriles is 1. The van der Waals surface area contributed by atoms with Crippen LogP contribution in [0.5, 0.6) is 5.75 Å². The van der Waals surface area contributed by atoms with Crippen LogP contribution in [-0.4, -0.2) is 7.11 Å². The van der Waals surface area contributed by atoms with Crippen LogP contribution in [0.1, 0.15) is 11.1 Å². The minimum Gasteiger partial charge on any atom is -0.496 e. The van der Waals surface area contributed by atoms with E-state index in [9.17, 15) is 0 Å². The summed E-state index contributed by atoms with van der Waals surface area (Å²) in [6.45, 7) is 1.98. The summed E-state index contributed by atoms with van der Waals surface area (Å²) in [7, 11) is 1.62. The fraction of sp³-hybridized carbons (Fsp3) is 0.300. The maximum atomic E-state index is 8.57. The predicted octanol–water partition coefficient (Wildman–Crippen LogP) is 2.83. The Morgan fingerprint density at radius 3 is 2.77 bits per heavy atom. The fourth-order valence-corrected chi connectivity index (χ4v) is 1.75. The lowest BCUT2D eigenvalue weighted by molar-refractivity contribution is 0.411. The third kappa shape index (κ3) is 2.22. The van der Waals surface area contributed by atoms with Crippen molar-refractivity contribution in [2.45, 2.75) is 13.3 Å². The highest BCUT2D eigenvalue weighted by Crippen LogP contribution is 2.28. The molecule has 0 radical (unpaired) electrons. The van der Waals surface area contributed by atoms with Crippen LogP contribution in [0.3, 0.4) is 0 Å². The largest absolute Gasteiger partial charge is 0.496 e. The third-order valence-corrected chi connectivity index (χ3v) is 2.50. The summed E-state index contributed by atoms with van der Waals surface area (Å²) in [5, 5.41) is 8.57. The van der Waals surface area contributed by atoms with E-state index in [0.717, 1.165) is 21.3 Å². The molecule has 0 N–H and O–H groups in total. The molecule has 1 aromatic carbocycles. The van der Waals surface area contributed by atoms with Gasteiger partial charge in [-0.15, -0.1) is 0 Å². The van der Waals surface area contributed by atoms with Gasteiger partial charge in [0.1, 0.15) is 5.75 Å². The molecule has 0 bridgehead atoms. The van der Waals surface area contributed by atoms with Gasteiger partial charge in [-0.1, -0.05) is 0 Å². The van der Waals surface area contributed by atoms with Crippen LogP contribution in [0.4, 0.5) is 0 Å². The molecule has 1 aromatic rings. The summed E-state index contributed by atoms with van der Waals surface area (Å²) >= 11 is 3.38. The smallest absolute Gasteiger partial charge is 0.133 e. The molecule has 1 rings (SSSR count). The summed E-state index contributed by atoms with van der Waals surface area (Å²) in [5.74, 6) is 0.774. The van der Waals surface area contributed by atoms with Crippen molar-refractivity contribution >= 4 is 15.9 Å². The molecular formula is C10H10BrNO. The van der Waals surface area contributed by atoms with Crippen LogP contribution >= 0.6 is 15.9 Å². The Labute approximate surface area is 86.3 Å². The topological polar surface area (TPSA) is 33.0 Å². The highest BCUT2D eigenvalue weighted by molar-refractivity contribution is 9.10. The number of aryl methyl sites for hydroxylation is 1. The number of hydrogen-bond donors (Lipinski definition) is 0. The highest BCUT2D eigenvalue weighted by Gasteiger charge is 2.04. The Hall–Kier alpha value is -1.01. The van der Waals surface area contributed by atoms with E-state index >= 15 is 0 Å². The number of nitrogens with zero attached hydrogens (tertiary/aromatic N) is 1. The summed E-state index contributed by atoms with van der Waals surface area (Å²) < 4.78 is 6.06. The molecule has 0 fully saturated rings. The van der Waals surface area contributed by atoms with Gasteiger partial charge in [-0.3, -0.25) is 0 Å². The van der Waals surface area contributed by atoms with Gasteiger partial charge < -0.3 is 4.74 Å². The molecular weight excluding hydrogens is 230 g/mol. The number of halogens is 1. The van der Waals surface area contributed by atoms with E-state index in [1.807, 2.05) is 19.1 Å². The van der Waals surface area contributed by atoms with Gasteiger partial charge in [0.05, 0.1) is 24.1 Å². The number of rotatable bonds is 2. The van der Waals surface area contributed by atoms with Crippen molar-refractivity contribution in [2.24, 2.45) is 0 Å². The molecule has 0 saturated carbocycles. The van der Waals surface area contributed by atoms with E-state index in [2.05, 4.69) is 22.0 Å². The molecule has 0 unspecified atom stereocenters. The second kappa shape index (κ2) is 4.29. The average Bonchev–Trinajstić information content (AvgIpc) is 2.10. The Morgan fingerprint density at radius 1 is 1.54 bits per heavy atom. The van der Waals surface area contributed by atoms with Crippen LogP contribution < -0.4 is 4.74 Å². The summed E-state index contributed by atoms with van der Waals surface area (Å²) in [6.07, 6.45) is 0.426. The van der Waals surface area contributed by atoms with Gasteiger partial charge in [0, 0.05) is 0 Å². The minimum atomic E-state index is 0.426. The van der Waals surface area contributed by atoms with E-state index in [4.69, 9.17) is 10.00 Å². The van der Waals surface area contributed by atoms with Gasteiger partial charge in [-0.2, -0.15) is 5.26 Å². The van der Waals surface area contributed by atoms with E-state index in [0.29, 0.717) is 6.42 Å². The van der Waals surface area contributed by atoms with Crippen molar-refractivity contribution in [1.82, 2.24) is 0 Å². The number of methoxy groups -OCH3 is 1. The fourth-order valence-electron chi connectivity index (χ4n) is 1.13. The molecule has 0 heterocycles. The molecule has 0 saturated heterocycles. The van der Waals surface area contributed by atoms with E-state index in [1.54, 1.807) is 7.11 Å². The molecule has 0 aromatic heterocycles. The van der Waals surface area contributed by atoms with E-state index in [-0.39, 0.29) is 0 Å². The quantitative estimate of drug-likeness (QED) is 0.796. The zero-order valence-electron chi connectivity index (χ0n) is 7.60. The SMILES string of the molecule is COc1cc(CC#N)c(C)cc1Br. The third-order valence-electron chi connectivity index (χ3n) is 1.88. The Balaban J connectivity index is 3.16. The number of benzene rings is 1. The molecule has 0 aliphatic heterocycles. The zero-order chi connectivity index (χ0) is 9.84. The van der Waals surface area contributed by atoms with Crippen molar-refractivity contribution in [1.29, 1.82) is 5.26 Å². The summed E-state index contributed by atoms with van der Waals surface area (Å²) in [6, 6.07) is 5.98. The van der Waals surface area contributed by atoms with Gasteiger partial charge in [0.25, 0.3) is 0 Å². The van der Waals surface area contributed by atoms with Gasteiger partial charge in [-0.25, -0.2) is 0 Å². The lowest BCUT2D eigenvalue weighted by atomic mass is 10.1. The Bertz CT molecular complexity index is 355. The van der Waals surface area contributed by atoms with Crippen LogP contribution in [0.25, 0.3) is 0 Å². The first kappa shape index (κ1) is 10.1. The van der Waals surface area contributed by atoms with E-state index in [1.165, 1.54) is 0 Å². The van der Waals surface area contributed by atoms with Crippen LogP contribution in [0.2, 0.25) is 0 Å². The number of ether oxygens (including phenoxy) is 1. The maximum Gasteiger partial charge on any atom is 0.133 e. The van der Waals surface area contributed by atoms with Crippen molar-refractivity contribution in [3.05, 3.63) is 27.7 Å². The van der Waals surface area contributed by atoms with Gasteiger partial charge in [0.15, 0.2) is 0 Å². The van der Waals surface area contributed by atoms with Crippen LogP contribution in [0.15, 0.2) is 16.6 Å². The highest BCUT2D eigenvalue weighted by atomic mass is 79.9. The Kier molecular flexibility index (Phi) is 3.32. The first-order valence-electron chi connectivity index (χ1n) is 3.89. The van der Waals surface area contributed by atoms with Crippen molar-refractivity contribution in [3.63, 3.8) is 0 Å². The first-order valence-corrected chi connectivity index (χ1v) is 4.68. The molecule has 2 nitrogen and oxygen atoms in total. The van der Waals surface area contributed by atoms with Gasteiger partial charge in [-0.05, 0) is 46.1 Å². The molecule has 3 heteroatoms. The van der Waals surface area contributed by atoms with E-state index < -0.39 is 0 Å². The van der Waals surface area contributed by atoms with Crippen molar-refractivity contribution in [2.75, 3.05) is 7.11 Å². The predicted molar refractivity (Wildman–Crippen MR) is 54.7 cm³/mol. The standard InChI is InChI=1S/C10H10BrNO/c1-7-5-9(11)10(13-2)6-8(7)3-4-12/h5-6H,3H2,1-2H3. The Morgan fingerprint density at radius 2 is 2.23 bits per heavy atom. The minimum absolute atomic E-state index is 0.426. The molecule has 0 atom stereocenters. The molecule has 68 valence electrons. The lowest BCUT2D eigenvalue weighted by Crippen LogP contribution is -1.91.